The van der Waals surface area contributed by atoms with Crippen LogP contribution in [0.25, 0.3) is 44.7 Å². The third-order valence-corrected chi connectivity index (χ3v) is 8.61. The Morgan fingerprint density at radius 1 is 0.628 bits per heavy atom. The fraction of sp³-hybridized carbons (Fsp3) is 0.308. The van der Waals surface area contributed by atoms with Gasteiger partial charge in [0.05, 0.1) is 16.8 Å². The molecule has 5 aromatic rings. The van der Waals surface area contributed by atoms with Crippen molar-refractivity contribution < 1.29 is 4.79 Å². The van der Waals surface area contributed by atoms with Crippen molar-refractivity contribution in [1.82, 2.24) is 9.97 Å². The van der Waals surface area contributed by atoms with Crippen molar-refractivity contribution in [3.63, 3.8) is 0 Å². The van der Waals surface area contributed by atoms with Gasteiger partial charge in [0.1, 0.15) is 0 Å². The SMILES string of the molecule is CCCCCCCCc1ccc(-c2ccc(-c3nc4c5c(c(NCCCC)ccc5n3)C(=O)c3ccccc3-4)cc2)cc1. The predicted molar refractivity (Wildman–Crippen MR) is 180 cm³/mol. The molecule has 1 heterocycles. The molecular formula is C39H41N3O. The van der Waals surface area contributed by atoms with Crippen molar-refractivity contribution in [2.24, 2.45) is 0 Å². The summed E-state index contributed by atoms with van der Waals surface area (Å²) < 4.78 is 0. The first-order valence-electron chi connectivity index (χ1n) is 16.1. The maximum absolute atomic E-state index is 13.7. The summed E-state index contributed by atoms with van der Waals surface area (Å²) in [5.74, 6) is 0.705. The summed E-state index contributed by atoms with van der Waals surface area (Å²) in [5.41, 5.74) is 9.51. The van der Waals surface area contributed by atoms with Crippen LogP contribution < -0.4 is 5.32 Å². The van der Waals surface area contributed by atoms with Crippen LogP contribution in [0.5, 0.6) is 0 Å². The molecule has 4 aromatic carbocycles. The number of nitrogens with zero attached hydrogens (tertiary/aromatic N) is 2. The van der Waals surface area contributed by atoms with Gasteiger partial charge in [0.25, 0.3) is 0 Å². The highest BCUT2D eigenvalue weighted by Crippen LogP contribution is 2.41. The van der Waals surface area contributed by atoms with Gasteiger partial charge in [-0.15, -0.1) is 0 Å². The number of ketones is 1. The van der Waals surface area contributed by atoms with Crippen LogP contribution in [0.1, 0.15) is 86.7 Å². The average Bonchev–Trinajstić information content (AvgIpc) is 3.05. The van der Waals surface area contributed by atoms with Gasteiger partial charge in [0.15, 0.2) is 11.6 Å². The number of unbranched alkanes of at least 4 members (excludes halogenated alkanes) is 6. The first kappa shape index (κ1) is 28.8. The predicted octanol–water partition coefficient (Wildman–Crippen LogP) is 10.3. The number of hydrogen-bond donors (Lipinski definition) is 1. The fourth-order valence-corrected chi connectivity index (χ4v) is 6.14. The summed E-state index contributed by atoms with van der Waals surface area (Å²) in [6.07, 6.45) is 11.2. The molecule has 43 heavy (non-hydrogen) atoms. The number of benzene rings is 4. The second-order valence-electron chi connectivity index (χ2n) is 11.7. The van der Waals surface area contributed by atoms with Crippen LogP contribution in [0, 0.1) is 0 Å². The summed E-state index contributed by atoms with van der Waals surface area (Å²) in [4.78, 5) is 23.8. The number of aromatic nitrogens is 2. The highest BCUT2D eigenvalue weighted by atomic mass is 16.1. The number of carbonyl (C=O) groups is 1. The first-order valence-corrected chi connectivity index (χ1v) is 16.1. The van der Waals surface area contributed by atoms with Crippen molar-refractivity contribution in [3.8, 4) is 33.8 Å². The second-order valence-corrected chi connectivity index (χ2v) is 11.7. The number of fused-ring (bicyclic) bond motifs is 2. The van der Waals surface area contributed by atoms with E-state index in [2.05, 4.69) is 67.7 Å². The lowest BCUT2D eigenvalue weighted by Crippen LogP contribution is -2.15. The van der Waals surface area contributed by atoms with Gasteiger partial charge in [-0.2, -0.15) is 0 Å². The smallest absolute Gasteiger partial charge is 0.196 e. The van der Waals surface area contributed by atoms with Gasteiger partial charge in [0, 0.05) is 34.3 Å². The molecule has 218 valence electrons. The summed E-state index contributed by atoms with van der Waals surface area (Å²) in [7, 11) is 0. The van der Waals surface area contributed by atoms with Gasteiger partial charge >= 0.3 is 0 Å². The standard InChI is InChI=1S/C39H41N3O/c1-3-5-7-8-9-10-13-27-16-18-28(19-17-27)29-20-22-30(23-21-29)39-41-34-25-24-33(40-26-6-4-2)36-35(34)37(42-39)31-14-11-12-15-32(31)38(36)43/h11-12,14-25,40H,3-10,13,26H2,1-2H3. The van der Waals surface area contributed by atoms with E-state index in [4.69, 9.17) is 9.97 Å². The lowest BCUT2D eigenvalue weighted by Gasteiger charge is -2.22. The second kappa shape index (κ2) is 13.3. The minimum atomic E-state index is 0.0337. The Morgan fingerprint density at radius 3 is 2.02 bits per heavy atom. The van der Waals surface area contributed by atoms with Crippen molar-refractivity contribution in [3.05, 3.63) is 102 Å². The lowest BCUT2D eigenvalue weighted by atomic mass is 9.85. The summed E-state index contributed by atoms with van der Waals surface area (Å²) in [5, 5.41) is 4.33. The van der Waals surface area contributed by atoms with Crippen LogP contribution >= 0.6 is 0 Å². The molecule has 0 fully saturated rings. The van der Waals surface area contributed by atoms with Crippen molar-refractivity contribution in [1.29, 1.82) is 0 Å². The van der Waals surface area contributed by atoms with E-state index >= 15 is 0 Å². The van der Waals surface area contributed by atoms with Gasteiger partial charge in [-0.05, 0) is 48.1 Å². The summed E-state index contributed by atoms with van der Waals surface area (Å²) >= 11 is 0. The largest absolute Gasteiger partial charge is 0.384 e. The first-order chi connectivity index (χ1) is 21.2. The van der Waals surface area contributed by atoms with E-state index in [0.29, 0.717) is 17.0 Å². The topological polar surface area (TPSA) is 54.9 Å². The monoisotopic (exact) mass is 567 g/mol. The number of rotatable bonds is 13. The molecule has 1 aliphatic rings. The molecule has 0 bridgehead atoms. The molecule has 4 nitrogen and oxygen atoms in total. The van der Waals surface area contributed by atoms with Crippen LogP contribution in [0.2, 0.25) is 0 Å². The Balaban J connectivity index is 1.27. The zero-order chi connectivity index (χ0) is 29.6. The van der Waals surface area contributed by atoms with E-state index in [1.54, 1.807) is 0 Å². The summed E-state index contributed by atoms with van der Waals surface area (Å²) in [6.45, 7) is 5.26. The Labute approximate surface area is 255 Å². The molecule has 0 amide bonds. The number of aryl methyl sites for hydroxylation is 1. The molecule has 0 unspecified atom stereocenters. The maximum atomic E-state index is 13.7. The number of nitrogens with one attached hydrogen (secondary N) is 1. The minimum absolute atomic E-state index is 0.0337. The minimum Gasteiger partial charge on any atom is -0.384 e. The van der Waals surface area contributed by atoms with Crippen molar-refractivity contribution >= 4 is 22.4 Å². The zero-order valence-electron chi connectivity index (χ0n) is 25.5. The number of anilines is 1. The van der Waals surface area contributed by atoms with E-state index in [0.717, 1.165) is 59.2 Å². The summed E-state index contributed by atoms with van der Waals surface area (Å²) in [6, 6.07) is 29.4. The molecule has 0 saturated heterocycles. The molecule has 1 aliphatic carbocycles. The molecule has 0 saturated carbocycles. The Bertz CT molecular complexity index is 1720. The molecule has 4 heteroatoms. The fourth-order valence-electron chi connectivity index (χ4n) is 6.14. The highest BCUT2D eigenvalue weighted by Gasteiger charge is 2.29. The molecule has 6 rings (SSSR count). The van der Waals surface area contributed by atoms with Gasteiger partial charge in [0.2, 0.25) is 0 Å². The van der Waals surface area contributed by atoms with E-state index in [-0.39, 0.29) is 5.78 Å². The number of carbonyl (C=O) groups excluding carboxylic acids is 1. The van der Waals surface area contributed by atoms with Crippen LogP contribution in [0.3, 0.4) is 0 Å². The van der Waals surface area contributed by atoms with E-state index in [1.165, 1.54) is 55.2 Å². The molecule has 0 atom stereocenters. The third kappa shape index (κ3) is 6.10. The van der Waals surface area contributed by atoms with Crippen LogP contribution in [0.15, 0.2) is 84.9 Å². The van der Waals surface area contributed by atoms with Gasteiger partial charge in [-0.1, -0.05) is 125 Å². The zero-order valence-corrected chi connectivity index (χ0v) is 25.5. The Kier molecular flexibility index (Phi) is 8.93. The Hall–Kier alpha value is -4.31. The maximum Gasteiger partial charge on any atom is 0.196 e. The van der Waals surface area contributed by atoms with Gasteiger partial charge < -0.3 is 5.32 Å². The van der Waals surface area contributed by atoms with E-state index < -0.39 is 0 Å². The number of hydrogen-bond acceptors (Lipinski definition) is 4. The molecule has 0 radical (unpaired) electrons. The average molecular weight is 568 g/mol. The quantitative estimate of drug-likeness (QED) is 0.141. The highest BCUT2D eigenvalue weighted by molar-refractivity contribution is 6.27. The van der Waals surface area contributed by atoms with Crippen LogP contribution in [0.4, 0.5) is 5.69 Å². The molecule has 0 spiro atoms. The molecule has 1 N–H and O–H groups in total. The van der Waals surface area contributed by atoms with Crippen LogP contribution in [-0.4, -0.2) is 22.3 Å². The lowest BCUT2D eigenvalue weighted by molar-refractivity contribution is 0.104. The molecular weight excluding hydrogens is 526 g/mol. The van der Waals surface area contributed by atoms with E-state index in [1.807, 2.05) is 36.4 Å². The third-order valence-electron chi connectivity index (χ3n) is 8.61. The van der Waals surface area contributed by atoms with Crippen LogP contribution in [-0.2, 0) is 6.42 Å². The van der Waals surface area contributed by atoms with Gasteiger partial charge in [-0.25, -0.2) is 9.97 Å². The van der Waals surface area contributed by atoms with Crippen molar-refractivity contribution in [2.75, 3.05) is 11.9 Å². The molecule has 1 aromatic heterocycles. The van der Waals surface area contributed by atoms with E-state index in [9.17, 15) is 4.79 Å². The van der Waals surface area contributed by atoms with Gasteiger partial charge in [-0.3, -0.25) is 4.79 Å². The Morgan fingerprint density at radius 2 is 1.28 bits per heavy atom. The normalized spacial score (nSPS) is 12.0. The van der Waals surface area contributed by atoms with Crippen molar-refractivity contribution in [2.45, 2.75) is 71.6 Å². The molecule has 0 aliphatic heterocycles.